The molecule has 6 heteroatoms. The molecule has 1 heterocycles. The van der Waals surface area contributed by atoms with Crippen LogP contribution < -0.4 is 14.8 Å². The molecule has 0 saturated carbocycles. The summed E-state index contributed by atoms with van der Waals surface area (Å²) in [6.45, 7) is 0.461. The van der Waals surface area contributed by atoms with Crippen molar-refractivity contribution < 1.29 is 14.3 Å². The number of fused-ring (bicyclic) bond motifs is 3. The third-order valence-electron chi connectivity index (χ3n) is 5.44. The zero-order valence-electron chi connectivity index (χ0n) is 16.0. The molecule has 146 valence electrons. The number of rotatable bonds is 5. The summed E-state index contributed by atoms with van der Waals surface area (Å²) in [6.07, 6.45) is 2.44. The lowest BCUT2D eigenvalue weighted by molar-refractivity contribution is -0.125. The number of aromatic nitrogens is 1. The quantitative estimate of drug-likeness (QED) is 0.675. The maximum Gasteiger partial charge on any atom is 0.223 e. The van der Waals surface area contributed by atoms with Gasteiger partial charge in [-0.05, 0) is 60.7 Å². The van der Waals surface area contributed by atoms with Crippen molar-refractivity contribution >= 4 is 28.4 Å². The molecule has 1 aliphatic carbocycles. The molecule has 1 amide bonds. The number of carbonyl (C=O) groups excluding carboxylic acids is 1. The van der Waals surface area contributed by atoms with Gasteiger partial charge in [0.15, 0.2) is 11.5 Å². The van der Waals surface area contributed by atoms with Gasteiger partial charge in [0.1, 0.15) is 0 Å². The van der Waals surface area contributed by atoms with Crippen LogP contribution in [0.5, 0.6) is 11.5 Å². The zero-order chi connectivity index (χ0) is 19.7. The van der Waals surface area contributed by atoms with Crippen LogP contribution in [-0.4, -0.2) is 25.1 Å². The van der Waals surface area contributed by atoms with Crippen molar-refractivity contribution in [1.29, 1.82) is 0 Å². The van der Waals surface area contributed by atoms with Gasteiger partial charge in [0.25, 0.3) is 0 Å². The molecule has 4 rings (SSSR count). The lowest BCUT2D eigenvalue weighted by Crippen LogP contribution is -2.33. The fraction of sp³-hybridized carbons (Fsp3) is 0.318. The molecular weight excluding hydrogens is 376 g/mol. The van der Waals surface area contributed by atoms with Crippen LogP contribution in [0.4, 0.5) is 0 Å². The Bertz CT molecular complexity index is 1030. The maximum absolute atomic E-state index is 12.8. The van der Waals surface area contributed by atoms with Gasteiger partial charge in [0, 0.05) is 34.1 Å². The molecule has 0 radical (unpaired) electrons. The first-order valence-corrected chi connectivity index (χ1v) is 9.74. The molecule has 2 aromatic carbocycles. The number of aryl methyl sites for hydroxylation is 1. The number of methoxy groups -OCH3 is 2. The molecule has 3 aromatic rings. The topological polar surface area (TPSA) is 63.3 Å². The smallest absolute Gasteiger partial charge is 0.223 e. The van der Waals surface area contributed by atoms with Gasteiger partial charge in [0.05, 0.1) is 14.2 Å². The molecular formula is C22H23ClN2O3. The van der Waals surface area contributed by atoms with Crippen molar-refractivity contribution in [1.82, 2.24) is 10.3 Å². The van der Waals surface area contributed by atoms with Crippen molar-refractivity contribution in [3.05, 3.63) is 58.2 Å². The molecule has 0 bridgehead atoms. The Hall–Kier alpha value is -2.66. The Labute approximate surface area is 169 Å². The minimum absolute atomic E-state index is 0.0365. The van der Waals surface area contributed by atoms with Crippen LogP contribution in [0.2, 0.25) is 5.02 Å². The van der Waals surface area contributed by atoms with E-state index in [2.05, 4.69) is 10.3 Å². The molecule has 0 spiro atoms. The highest BCUT2D eigenvalue weighted by Crippen LogP contribution is 2.33. The van der Waals surface area contributed by atoms with Crippen molar-refractivity contribution in [3.8, 4) is 11.5 Å². The standard InChI is InChI=1S/C22H23ClN2O3/c1-27-20-8-3-13(9-21(20)28-2)12-24-22(26)14-4-6-18-16(10-14)17-11-15(23)5-7-19(17)25-18/h3,5,7-9,11,14,25H,4,6,10,12H2,1-2H3,(H,24,26). The number of halogens is 1. The van der Waals surface area contributed by atoms with Crippen molar-refractivity contribution in [3.63, 3.8) is 0 Å². The van der Waals surface area contributed by atoms with Crippen molar-refractivity contribution in [2.24, 2.45) is 5.92 Å². The lowest BCUT2D eigenvalue weighted by atomic mass is 9.86. The highest BCUT2D eigenvalue weighted by molar-refractivity contribution is 6.31. The van der Waals surface area contributed by atoms with Crippen LogP contribution in [0.3, 0.4) is 0 Å². The summed E-state index contributed by atoms with van der Waals surface area (Å²) in [4.78, 5) is 16.2. The first kappa shape index (κ1) is 18.7. The number of H-pyrrole nitrogens is 1. The molecule has 1 aliphatic rings. The predicted octanol–water partition coefficient (Wildman–Crippen LogP) is 4.26. The Morgan fingerprint density at radius 2 is 2.00 bits per heavy atom. The lowest BCUT2D eigenvalue weighted by Gasteiger charge is -2.22. The largest absolute Gasteiger partial charge is 0.493 e. The average molecular weight is 399 g/mol. The first-order valence-electron chi connectivity index (χ1n) is 9.36. The number of hydrogen-bond donors (Lipinski definition) is 2. The number of benzene rings is 2. The minimum Gasteiger partial charge on any atom is -0.493 e. The van der Waals surface area contributed by atoms with E-state index in [9.17, 15) is 4.79 Å². The summed E-state index contributed by atoms with van der Waals surface area (Å²) >= 11 is 6.17. The second kappa shape index (κ2) is 7.76. The number of carbonyl (C=O) groups is 1. The van der Waals surface area contributed by atoms with Crippen LogP contribution in [0.15, 0.2) is 36.4 Å². The Morgan fingerprint density at radius 1 is 1.18 bits per heavy atom. The van der Waals surface area contributed by atoms with Gasteiger partial charge in [-0.25, -0.2) is 0 Å². The van der Waals surface area contributed by atoms with E-state index in [0.29, 0.717) is 23.1 Å². The van der Waals surface area contributed by atoms with Gasteiger partial charge in [-0.15, -0.1) is 0 Å². The van der Waals surface area contributed by atoms with E-state index in [1.165, 1.54) is 11.3 Å². The molecule has 1 unspecified atom stereocenters. The maximum atomic E-state index is 12.8. The predicted molar refractivity (Wildman–Crippen MR) is 110 cm³/mol. The zero-order valence-corrected chi connectivity index (χ0v) is 16.7. The Balaban J connectivity index is 1.45. The number of ether oxygens (including phenoxy) is 2. The van der Waals surface area contributed by atoms with E-state index in [0.717, 1.165) is 35.7 Å². The summed E-state index contributed by atoms with van der Waals surface area (Å²) in [7, 11) is 3.21. The number of amides is 1. The van der Waals surface area contributed by atoms with E-state index in [4.69, 9.17) is 21.1 Å². The van der Waals surface area contributed by atoms with Crippen molar-refractivity contribution in [2.75, 3.05) is 14.2 Å². The van der Waals surface area contributed by atoms with Crippen LogP contribution in [0.1, 0.15) is 23.2 Å². The molecule has 0 fully saturated rings. The second-order valence-electron chi connectivity index (χ2n) is 7.12. The summed E-state index contributed by atoms with van der Waals surface area (Å²) in [6, 6.07) is 11.5. The fourth-order valence-electron chi connectivity index (χ4n) is 3.94. The van der Waals surface area contributed by atoms with Crippen LogP contribution in [0.25, 0.3) is 10.9 Å². The van der Waals surface area contributed by atoms with Gasteiger partial charge in [-0.2, -0.15) is 0 Å². The van der Waals surface area contributed by atoms with Crippen molar-refractivity contribution in [2.45, 2.75) is 25.8 Å². The summed E-state index contributed by atoms with van der Waals surface area (Å²) in [5.41, 5.74) is 4.50. The molecule has 1 atom stereocenters. The summed E-state index contributed by atoms with van der Waals surface area (Å²) in [5.74, 6) is 1.38. The van der Waals surface area contributed by atoms with Crippen LogP contribution in [-0.2, 0) is 24.2 Å². The number of hydrogen-bond acceptors (Lipinski definition) is 3. The van der Waals surface area contributed by atoms with E-state index in [-0.39, 0.29) is 11.8 Å². The van der Waals surface area contributed by atoms with Gasteiger partial charge < -0.3 is 19.8 Å². The van der Waals surface area contributed by atoms with E-state index >= 15 is 0 Å². The first-order chi connectivity index (χ1) is 13.6. The molecule has 0 aliphatic heterocycles. The van der Waals surface area contributed by atoms with Crippen LogP contribution in [0, 0.1) is 5.92 Å². The highest BCUT2D eigenvalue weighted by atomic mass is 35.5. The monoisotopic (exact) mass is 398 g/mol. The van der Waals surface area contributed by atoms with Gasteiger partial charge in [-0.3, -0.25) is 4.79 Å². The molecule has 28 heavy (non-hydrogen) atoms. The second-order valence-corrected chi connectivity index (χ2v) is 7.56. The normalized spacial score (nSPS) is 15.9. The van der Waals surface area contributed by atoms with E-state index < -0.39 is 0 Å². The molecule has 1 aromatic heterocycles. The Kier molecular flexibility index (Phi) is 5.18. The SMILES string of the molecule is COc1ccc(CNC(=O)C2CCc3[nH]c4ccc(Cl)cc4c3C2)cc1OC. The van der Waals surface area contributed by atoms with Gasteiger partial charge >= 0.3 is 0 Å². The highest BCUT2D eigenvalue weighted by Gasteiger charge is 2.27. The summed E-state index contributed by atoms with van der Waals surface area (Å²) in [5, 5.41) is 4.91. The number of aromatic amines is 1. The summed E-state index contributed by atoms with van der Waals surface area (Å²) < 4.78 is 10.6. The Morgan fingerprint density at radius 3 is 2.79 bits per heavy atom. The third kappa shape index (κ3) is 3.54. The van der Waals surface area contributed by atoms with E-state index in [1.807, 2.05) is 36.4 Å². The molecule has 0 saturated heterocycles. The fourth-order valence-corrected chi connectivity index (χ4v) is 4.11. The third-order valence-corrected chi connectivity index (χ3v) is 5.67. The van der Waals surface area contributed by atoms with Gasteiger partial charge in [-0.1, -0.05) is 17.7 Å². The van der Waals surface area contributed by atoms with Crippen LogP contribution >= 0.6 is 11.6 Å². The molecule has 2 N–H and O–H groups in total. The van der Waals surface area contributed by atoms with Gasteiger partial charge in [0.2, 0.25) is 5.91 Å². The molecule has 5 nitrogen and oxygen atoms in total. The number of nitrogens with one attached hydrogen (secondary N) is 2. The average Bonchev–Trinajstić information content (AvgIpc) is 3.08. The van der Waals surface area contributed by atoms with E-state index in [1.54, 1.807) is 14.2 Å². The minimum atomic E-state index is -0.0365.